The van der Waals surface area contributed by atoms with Gasteiger partial charge in [-0.15, -0.1) is 0 Å². The van der Waals surface area contributed by atoms with Gasteiger partial charge < -0.3 is 14.8 Å². The highest BCUT2D eigenvalue weighted by atomic mass is 19.1. The normalized spacial score (nSPS) is 11.2. The van der Waals surface area contributed by atoms with E-state index in [9.17, 15) is 14.0 Å². The zero-order valence-corrected chi connectivity index (χ0v) is 12.2. The SMILES string of the molecule is CC(C)(CNC(=O)c1ccc(-c2ccccc2F)o1)C(=O)O. The summed E-state index contributed by atoms with van der Waals surface area (Å²) in [6, 6.07) is 8.98. The van der Waals surface area contributed by atoms with Gasteiger partial charge in [0.2, 0.25) is 0 Å². The average molecular weight is 305 g/mol. The van der Waals surface area contributed by atoms with E-state index >= 15 is 0 Å². The minimum absolute atomic E-state index is 0.000517. The van der Waals surface area contributed by atoms with Crippen molar-refractivity contribution in [3.8, 4) is 11.3 Å². The lowest BCUT2D eigenvalue weighted by molar-refractivity contribution is -0.146. The molecule has 0 atom stereocenters. The second kappa shape index (κ2) is 6.01. The fraction of sp³-hybridized carbons (Fsp3) is 0.250. The Morgan fingerprint density at radius 3 is 2.55 bits per heavy atom. The van der Waals surface area contributed by atoms with Crippen LogP contribution < -0.4 is 5.32 Å². The van der Waals surface area contributed by atoms with E-state index in [1.54, 1.807) is 18.2 Å². The molecule has 5 nitrogen and oxygen atoms in total. The number of carbonyl (C=O) groups excluding carboxylic acids is 1. The Morgan fingerprint density at radius 1 is 1.23 bits per heavy atom. The zero-order chi connectivity index (χ0) is 16.3. The van der Waals surface area contributed by atoms with Crippen LogP contribution in [0, 0.1) is 11.2 Å². The highest BCUT2D eigenvalue weighted by molar-refractivity contribution is 5.92. The molecular weight excluding hydrogens is 289 g/mol. The van der Waals surface area contributed by atoms with Crippen molar-refractivity contribution < 1.29 is 23.5 Å². The fourth-order valence-corrected chi connectivity index (χ4v) is 1.73. The molecule has 0 spiro atoms. The molecule has 22 heavy (non-hydrogen) atoms. The van der Waals surface area contributed by atoms with Crippen molar-refractivity contribution in [3.63, 3.8) is 0 Å². The highest BCUT2D eigenvalue weighted by Crippen LogP contribution is 2.24. The van der Waals surface area contributed by atoms with Gasteiger partial charge in [0.1, 0.15) is 11.6 Å². The number of nitrogens with one attached hydrogen (secondary N) is 1. The minimum atomic E-state index is -1.09. The number of halogens is 1. The van der Waals surface area contributed by atoms with Crippen LogP contribution in [0.3, 0.4) is 0 Å². The summed E-state index contributed by atoms with van der Waals surface area (Å²) in [5, 5.41) is 11.5. The molecule has 1 heterocycles. The largest absolute Gasteiger partial charge is 0.481 e. The summed E-state index contributed by atoms with van der Waals surface area (Å²) < 4.78 is 19.0. The van der Waals surface area contributed by atoms with Gasteiger partial charge in [-0.2, -0.15) is 0 Å². The molecule has 0 radical (unpaired) electrons. The molecule has 2 rings (SSSR count). The molecule has 1 aromatic carbocycles. The smallest absolute Gasteiger partial charge is 0.310 e. The Morgan fingerprint density at radius 2 is 1.91 bits per heavy atom. The maximum atomic E-state index is 13.7. The summed E-state index contributed by atoms with van der Waals surface area (Å²) in [6.07, 6.45) is 0. The van der Waals surface area contributed by atoms with Crippen LogP contribution in [0.4, 0.5) is 4.39 Å². The molecular formula is C16H16FNO4. The lowest BCUT2D eigenvalue weighted by atomic mass is 9.94. The van der Waals surface area contributed by atoms with Crippen LogP contribution in [0.15, 0.2) is 40.8 Å². The first kappa shape index (κ1) is 15.8. The van der Waals surface area contributed by atoms with Gasteiger partial charge in [0.15, 0.2) is 5.76 Å². The quantitative estimate of drug-likeness (QED) is 0.890. The van der Waals surface area contributed by atoms with Crippen LogP contribution in [0.1, 0.15) is 24.4 Å². The third-order valence-electron chi connectivity index (χ3n) is 3.24. The van der Waals surface area contributed by atoms with E-state index in [-0.39, 0.29) is 23.6 Å². The number of carbonyl (C=O) groups is 2. The molecule has 0 saturated heterocycles. The molecule has 0 aliphatic rings. The van der Waals surface area contributed by atoms with E-state index in [1.165, 1.54) is 32.0 Å². The standard InChI is InChI=1S/C16H16FNO4/c1-16(2,15(20)21)9-18-14(19)13-8-7-12(22-13)10-5-3-4-6-11(10)17/h3-8H,9H2,1-2H3,(H,18,19)(H,20,21). The average Bonchev–Trinajstić information content (AvgIpc) is 2.95. The Bertz CT molecular complexity index is 706. The number of rotatable bonds is 5. The number of hydrogen-bond donors (Lipinski definition) is 2. The lowest BCUT2D eigenvalue weighted by Crippen LogP contribution is -2.38. The first-order chi connectivity index (χ1) is 10.3. The van der Waals surface area contributed by atoms with Gasteiger partial charge in [0, 0.05) is 6.54 Å². The van der Waals surface area contributed by atoms with Crippen LogP contribution in [-0.4, -0.2) is 23.5 Å². The topological polar surface area (TPSA) is 79.5 Å². The molecule has 0 fully saturated rings. The van der Waals surface area contributed by atoms with Gasteiger partial charge in [0.05, 0.1) is 11.0 Å². The van der Waals surface area contributed by atoms with Crippen LogP contribution >= 0.6 is 0 Å². The van der Waals surface area contributed by atoms with Crippen LogP contribution in [0.25, 0.3) is 11.3 Å². The molecule has 0 aliphatic carbocycles. The molecule has 0 unspecified atom stereocenters. The molecule has 0 bridgehead atoms. The monoisotopic (exact) mass is 305 g/mol. The first-order valence-corrected chi connectivity index (χ1v) is 6.67. The van der Waals surface area contributed by atoms with Crippen molar-refractivity contribution in [2.75, 3.05) is 6.54 Å². The van der Waals surface area contributed by atoms with Crippen molar-refractivity contribution in [3.05, 3.63) is 48.0 Å². The molecule has 1 aromatic heterocycles. The maximum absolute atomic E-state index is 13.7. The van der Waals surface area contributed by atoms with Gasteiger partial charge in [-0.1, -0.05) is 12.1 Å². The Hall–Kier alpha value is -2.63. The van der Waals surface area contributed by atoms with Gasteiger partial charge in [-0.3, -0.25) is 9.59 Å². The Labute approximate surface area is 126 Å². The number of furan rings is 1. The third-order valence-corrected chi connectivity index (χ3v) is 3.24. The molecule has 6 heteroatoms. The minimum Gasteiger partial charge on any atom is -0.481 e. The van der Waals surface area contributed by atoms with E-state index in [4.69, 9.17) is 9.52 Å². The fourth-order valence-electron chi connectivity index (χ4n) is 1.73. The third kappa shape index (κ3) is 3.33. The second-order valence-electron chi connectivity index (χ2n) is 5.52. The van der Waals surface area contributed by atoms with Gasteiger partial charge in [0.25, 0.3) is 5.91 Å². The van der Waals surface area contributed by atoms with Crippen molar-refractivity contribution >= 4 is 11.9 Å². The van der Waals surface area contributed by atoms with Gasteiger partial charge in [-0.05, 0) is 38.1 Å². The maximum Gasteiger partial charge on any atom is 0.310 e. The second-order valence-corrected chi connectivity index (χ2v) is 5.52. The number of aliphatic carboxylic acids is 1. The Kier molecular flexibility index (Phi) is 4.30. The summed E-state index contributed by atoms with van der Waals surface area (Å²) in [6.45, 7) is 2.96. The summed E-state index contributed by atoms with van der Waals surface area (Å²) in [5.41, 5.74) is -0.830. The van der Waals surface area contributed by atoms with E-state index < -0.39 is 23.1 Å². The molecule has 0 saturated carbocycles. The van der Waals surface area contributed by atoms with E-state index in [0.29, 0.717) is 0 Å². The van der Waals surface area contributed by atoms with Crippen LogP contribution in [0.5, 0.6) is 0 Å². The van der Waals surface area contributed by atoms with Gasteiger partial charge in [-0.25, -0.2) is 4.39 Å². The lowest BCUT2D eigenvalue weighted by Gasteiger charge is -2.18. The molecule has 2 aromatic rings. The summed E-state index contributed by atoms with van der Waals surface area (Å²) in [7, 11) is 0. The van der Waals surface area contributed by atoms with Crippen LogP contribution in [-0.2, 0) is 4.79 Å². The summed E-state index contributed by atoms with van der Waals surface area (Å²) in [5.74, 6) is -1.77. The van der Waals surface area contributed by atoms with Crippen molar-refractivity contribution in [1.82, 2.24) is 5.32 Å². The number of benzene rings is 1. The van der Waals surface area contributed by atoms with Gasteiger partial charge >= 0.3 is 5.97 Å². The molecule has 0 aliphatic heterocycles. The zero-order valence-electron chi connectivity index (χ0n) is 12.2. The molecule has 2 N–H and O–H groups in total. The van der Waals surface area contributed by atoms with Crippen molar-refractivity contribution in [2.45, 2.75) is 13.8 Å². The number of carboxylic acids is 1. The van der Waals surface area contributed by atoms with Crippen molar-refractivity contribution in [2.24, 2.45) is 5.41 Å². The molecule has 1 amide bonds. The van der Waals surface area contributed by atoms with Crippen molar-refractivity contribution in [1.29, 1.82) is 0 Å². The predicted octanol–water partition coefficient (Wildman–Crippen LogP) is 2.93. The summed E-state index contributed by atoms with van der Waals surface area (Å²) >= 11 is 0. The van der Waals surface area contributed by atoms with E-state index in [2.05, 4.69) is 5.32 Å². The number of hydrogen-bond acceptors (Lipinski definition) is 3. The van der Waals surface area contributed by atoms with E-state index in [1.807, 2.05) is 0 Å². The van der Waals surface area contributed by atoms with Crippen LogP contribution in [0.2, 0.25) is 0 Å². The number of carboxylic acid groups (broad SMARTS) is 1. The van der Waals surface area contributed by atoms with E-state index in [0.717, 1.165) is 0 Å². The first-order valence-electron chi connectivity index (χ1n) is 6.67. The number of amides is 1. The molecule has 116 valence electrons. The highest BCUT2D eigenvalue weighted by Gasteiger charge is 2.28. The predicted molar refractivity (Wildman–Crippen MR) is 77.9 cm³/mol. The Balaban J connectivity index is 2.10. The summed E-state index contributed by atoms with van der Waals surface area (Å²) in [4.78, 5) is 22.9.